The molecule has 1 unspecified atom stereocenters. The minimum Gasteiger partial charge on any atom is -0.383 e. The maximum Gasteiger partial charge on any atom is 0.109 e. The molecular weight excluding hydrogens is 319 g/mol. The van der Waals surface area contributed by atoms with Gasteiger partial charge < -0.3 is 9.67 Å². The Labute approximate surface area is 141 Å². The van der Waals surface area contributed by atoms with Gasteiger partial charge in [-0.2, -0.15) is 0 Å². The van der Waals surface area contributed by atoms with E-state index in [4.69, 9.17) is 23.2 Å². The number of nitrogens with zero attached hydrogens (tertiary/aromatic N) is 2. The van der Waals surface area contributed by atoms with Crippen LogP contribution in [-0.4, -0.2) is 14.7 Å². The van der Waals surface area contributed by atoms with E-state index in [1.807, 2.05) is 16.8 Å². The van der Waals surface area contributed by atoms with Crippen LogP contribution in [-0.2, 0) is 12.1 Å². The van der Waals surface area contributed by atoms with E-state index < -0.39 is 5.60 Å². The molecule has 1 heterocycles. The van der Waals surface area contributed by atoms with Crippen LogP contribution in [0.4, 0.5) is 0 Å². The fraction of sp³-hybridized carbons (Fsp3) is 0.471. The summed E-state index contributed by atoms with van der Waals surface area (Å²) in [7, 11) is 0. The molecule has 120 valence electrons. The van der Waals surface area contributed by atoms with Gasteiger partial charge in [0.05, 0.1) is 12.9 Å². The lowest BCUT2D eigenvalue weighted by Gasteiger charge is -2.30. The van der Waals surface area contributed by atoms with Crippen molar-refractivity contribution >= 4 is 23.2 Å². The molecule has 0 amide bonds. The normalized spacial score (nSPS) is 14.0. The number of hydrogen-bond acceptors (Lipinski definition) is 2. The van der Waals surface area contributed by atoms with Crippen LogP contribution in [0.3, 0.4) is 0 Å². The second kappa shape index (κ2) is 8.00. The molecule has 0 spiro atoms. The zero-order chi connectivity index (χ0) is 16.0. The monoisotopic (exact) mass is 340 g/mol. The van der Waals surface area contributed by atoms with E-state index in [9.17, 15) is 5.11 Å². The number of imidazole rings is 1. The third-order valence-electron chi connectivity index (χ3n) is 3.88. The van der Waals surface area contributed by atoms with Crippen molar-refractivity contribution in [2.45, 2.75) is 51.2 Å². The molecule has 0 aliphatic carbocycles. The van der Waals surface area contributed by atoms with E-state index in [-0.39, 0.29) is 0 Å². The van der Waals surface area contributed by atoms with Gasteiger partial charge in [-0.05, 0) is 18.6 Å². The highest BCUT2D eigenvalue weighted by molar-refractivity contribution is 6.35. The number of halogens is 2. The fourth-order valence-corrected chi connectivity index (χ4v) is 3.28. The van der Waals surface area contributed by atoms with E-state index in [2.05, 4.69) is 11.9 Å². The van der Waals surface area contributed by atoms with Gasteiger partial charge in [-0.15, -0.1) is 0 Å². The molecule has 1 atom stereocenters. The van der Waals surface area contributed by atoms with E-state index in [0.717, 1.165) is 18.4 Å². The lowest BCUT2D eigenvalue weighted by atomic mass is 9.87. The maximum absolute atomic E-state index is 11.2. The van der Waals surface area contributed by atoms with Crippen molar-refractivity contribution in [3.63, 3.8) is 0 Å². The first-order valence-electron chi connectivity index (χ1n) is 7.69. The van der Waals surface area contributed by atoms with Crippen molar-refractivity contribution in [1.82, 2.24) is 9.55 Å². The van der Waals surface area contributed by atoms with Crippen LogP contribution in [0.15, 0.2) is 36.9 Å². The average molecular weight is 341 g/mol. The van der Waals surface area contributed by atoms with Crippen molar-refractivity contribution in [1.29, 1.82) is 0 Å². The van der Waals surface area contributed by atoms with Crippen molar-refractivity contribution in [2.75, 3.05) is 0 Å². The summed E-state index contributed by atoms with van der Waals surface area (Å²) in [6.45, 7) is 2.61. The van der Waals surface area contributed by atoms with Gasteiger partial charge in [0.2, 0.25) is 0 Å². The van der Waals surface area contributed by atoms with Gasteiger partial charge in [0, 0.05) is 28.0 Å². The molecule has 2 aromatic rings. The summed E-state index contributed by atoms with van der Waals surface area (Å²) in [4.78, 5) is 4.04. The summed E-state index contributed by atoms with van der Waals surface area (Å²) in [5, 5.41) is 12.3. The van der Waals surface area contributed by atoms with Crippen LogP contribution in [0.25, 0.3) is 0 Å². The second-order valence-corrected chi connectivity index (χ2v) is 6.55. The number of hydrogen-bond donors (Lipinski definition) is 1. The summed E-state index contributed by atoms with van der Waals surface area (Å²) in [6.07, 6.45) is 10.3. The van der Waals surface area contributed by atoms with Gasteiger partial charge in [0.25, 0.3) is 0 Å². The SMILES string of the molecule is CCCCCCC(O)(Cn1ccnc1)c1ccc(Cl)cc1Cl. The Bertz CT molecular complexity index is 586. The molecule has 0 bridgehead atoms. The number of aliphatic hydroxyl groups is 1. The number of rotatable bonds is 8. The Morgan fingerprint density at radius 2 is 2.05 bits per heavy atom. The van der Waals surface area contributed by atoms with E-state index in [1.165, 1.54) is 12.8 Å². The van der Waals surface area contributed by atoms with Crippen molar-refractivity contribution in [3.05, 3.63) is 52.5 Å². The van der Waals surface area contributed by atoms with Crippen LogP contribution < -0.4 is 0 Å². The number of aromatic nitrogens is 2. The predicted octanol–water partition coefficient (Wildman–Crippen LogP) is 5.05. The maximum atomic E-state index is 11.2. The van der Waals surface area contributed by atoms with Gasteiger partial charge in [-0.25, -0.2) is 4.98 Å². The van der Waals surface area contributed by atoms with Crippen LogP contribution in [0.1, 0.15) is 44.6 Å². The molecule has 5 heteroatoms. The highest BCUT2D eigenvalue weighted by atomic mass is 35.5. The fourth-order valence-electron chi connectivity index (χ4n) is 2.69. The predicted molar refractivity (Wildman–Crippen MR) is 91.3 cm³/mol. The largest absolute Gasteiger partial charge is 0.383 e. The first-order chi connectivity index (χ1) is 10.5. The molecule has 1 aromatic carbocycles. The molecule has 1 N–H and O–H groups in total. The molecule has 0 saturated carbocycles. The topological polar surface area (TPSA) is 38.0 Å². The van der Waals surface area contributed by atoms with Gasteiger partial charge in [-0.3, -0.25) is 0 Å². The lowest BCUT2D eigenvalue weighted by molar-refractivity contribution is 0.00717. The third kappa shape index (κ3) is 4.48. The van der Waals surface area contributed by atoms with Crippen LogP contribution in [0.5, 0.6) is 0 Å². The van der Waals surface area contributed by atoms with Crippen molar-refractivity contribution < 1.29 is 5.11 Å². The molecule has 0 aliphatic rings. The molecule has 22 heavy (non-hydrogen) atoms. The van der Waals surface area contributed by atoms with Crippen LogP contribution in [0.2, 0.25) is 10.0 Å². The Balaban J connectivity index is 2.23. The Morgan fingerprint density at radius 3 is 2.68 bits per heavy atom. The van der Waals surface area contributed by atoms with Crippen molar-refractivity contribution in [3.8, 4) is 0 Å². The molecule has 3 nitrogen and oxygen atoms in total. The zero-order valence-corrected chi connectivity index (χ0v) is 14.3. The molecule has 2 rings (SSSR count). The van der Waals surface area contributed by atoms with E-state index in [0.29, 0.717) is 23.0 Å². The molecule has 0 saturated heterocycles. The second-order valence-electron chi connectivity index (χ2n) is 5.70. The summed E-state index contributed by atoms with van der Waals surface area (Å²) >= 11 is 12.3. The number of unbranched alkanes of at least 4 members (excludes halogenated alkanes) is 3. The number of benzene rings is 1. The molecular formula is C17H22Cl2N2O. The summed E-state index contributed by atoms with van der Waals surface area (Å²) in [6, 6.07) is 5.28. The van der Waals surface area contributed by atoms with Gasteiger partial charge in [-0.1, -0.05) is 61.9 Å². The first-order valence-corrected chi connectivity index (χ1v) is 8.44. The van der Waals surface area contributed by atoms with Gasteiger partial charge in [0.15, 0.2) is 0 Å². The van der Waals surface area contributed by atoms with Crippen LogP contribution >= 0.6 is 23.2 Å². The minimum atomic E-state index is -1.02. The molecule has 0 fully saturated rings. The van der Waals surface area contributed by atoms with Crippen molar-refractivity contribution in [2.24, 2.45) is 0 Å². The smallest absolute Gasteiger partial charge is 0.109 e. The Kier molecular flexibility index (Phi) is 6.30. The van der Waals surface area contributed by atoms with Crippen LogP contribution in [0, 0.1) is 0 Å². The minimum absolute atomic E-state index is 0.431. The first kappa shape index (κ1) is 17.3. The summed E-state index contributed by atoms with van der Waals surface area (Å²) < 4.78 is 1.88. The average Bonchev–Trinajstić information content (AvgIpc) is 2.96. The Hall–Kier alpha value is -1.03. The zero-order valence-electron chi connectivity index (χ0n) is 12.8. The molecule has 0 radical (unpaired) electrons. The molecule has 1 aromatic heterocycles. The van der Waals surface area contributed by atoms with Gasteiger partial charge in [0.1, 0.15) is 5.60 Å². The molecule has 0 aliphatic heterocycles. The van der Waals surface area contributed by atoms with E-state index >= 15 is 0 Å². The standard InChI is InChI=1S/C17H22Cl2N2O/c1-2-3-4-5-8-17(22,12-21-10-9-20-13-21)15-7-6-14(18)11-16(15)19/h6-7,9-11,13,22H,2-5,8,12H2,1H3. The highest BCUT2D eigenvalue weighted by Gasteiger charge is 2.31. The quantitative estimate of drug-likeness (QED) is 0.683. The summed E-state index contributed by atoms with van der Waals surface area (Å²) in [5.41, 5.74) is -0.292. The van der Waals surface area contributed by atoms with E-state index in [1.54, 1.807) is 24.7 Å². The summed E-state index contributed by atoms with van der Waals surface area (Å²) in [5.74, 6) is 0. The van der Waals surface area contributed by atoms with Gasteiger partial charge >= 0.3 is 0 Å². The highest BCUT2D eigenvalue weighted by Crippen LogP contribution is 2.35. The third-order valence-corrected chi connectivity index (χ3v) is 4.43. The Morgan fingerprint density at radius 1 is 1.23 bits per heavy atom. The lowest BCUT2D eigenvalue weighted by Crippen LogP contribution is -2.31.